The number of aryl methyl sites for hydroxylation is 1. The van der Waals surface area contributed by atoms with Gasteiger partial charge in [-0.2, -0.15) is 0 Å². The van der Waals surface area contributed by atoms with Gasteiger partial charge in [0.05, 0.1) is 5.60 Å². The minimum atomic E-state index is -1.37. The zero-order valence-corrected chi connectivity index (χ0v) is 12.6. The molecule has 21 heavy (non-hydrogen) atoms. The summed E-state index contributed by atoms with van der Waals surface area (Å²) in [5.74, 6) is -1.37. The van der Waals surface area contributed by atoms with E-state index in [1.54, 1.807) is 0 Å². The minimum Gasteiger partial charge on any atom is -0.359 e. The first-order chi connectivity index (χ1) is 9.91. The summed E-state index contributed by atoms with van der Waals surface area (Å²) in [6.07, 6.45) is 1.83. The number of hydrogen-bond donors (Lipinski definition) is 1. The minimum absolute atomic E-state index is 0.541. The van der Waals surface area contributed by atoms with E-state index < -0.39 is 11.4 Å². The quantitative estimate of drug-likeness (QED) is 0.900. The van der Waals surface area contributed by atoms with E-state index in [1.807, 2.05) is 81.4 Å². The van der Waals surface area contributed by atoms with Gasteiger partial charge in [-0.25, -0.2) is 0 Å². The Morgan fingerprint density at radius 2 is 1.52 bits per heavy atom. The summed E-state index contributed by atoms with van der Waals surface area (Å²) in [5, 5.41) is 10.9. The van der Waals surface area contributed by atoms with Gasteiger partial charge in [-0.3, -0.25) is 0 Å². The molecule has 2 nitrogen and oxygen atoms in total. The third-order valence-electron chi connectivity index (χ3n) is 3.95. The summed E-state index contributed by atoms with van der Waals surface area (Å²) >= 11 is 0. The van der Waals surface area contributed by atoms with Crippen LogP contribution in [0.25, 0.3) is 5.57 Å². The first-order valence-corrected chi connectivity index (χ1v) is 7.19. The van der Waals surface area contributed by atoms with Crippen LogP contribution in [0.3, 0.4) is 0 Å². The molecule has 0 spiro atoms. The standard InChI is InChI=1S/C19H20O2/c1-14-9-11-16(12-10-14)19(20)13-17(18(2,3)21-19)15-7-5-4-6-8-15/h4-13,20H,1-3H3/t19-/m1/s1. The highest BCUT2D eigenvalue weighted by molar-refractivity contribution is 5.74. The number of benzene rings is 2. The summed E-state index contributed by atoms with van der Waals surface area (Å²) < 4.78 is 5.99. The van der Waals surface area contributed by atoms with E-state index in [0.717, 1.165) is 22.3 Å². The highest BCUT2D eigenvalue weighted by Crippen LogP contribution is 2.45. The molecule has 0 radical (unpaired) electrons. The molecule has 1 aliphatic heterocycles. The van der Waals surface area contributed by atoms with Gasteiger partial charge in [-0.1, -0.05) is 60.2 Å². The topological polar surface area (TPSA) is 29.5 Å². The van der Waals surface area contributed by atoms with Crippen LogP contribution in [0.1, 0.15) is 30.5 Å². The predicted molar refractivity (Wildman–Crippen MR) is 84.7 cm³/mol. The highest BCUT2D eigenvalue weighted by Gasteiger charge is 2.44. The maximum absolute atomic E-state index is 10.9. The zero-order valence-electron chi connectivity index (χ0n) is 12.6. The summed E-state index contributed by atoms with van der Waals surface area (Å²) in [4.78, 5) is 0. The summed E-state index contributed by atoms with van der Waals surface area (Å²) in [6, 6.07) is 17.8. The Morgan fingerprint density at radius 1 is 0.905 bits per heavy atom. The lowest BCUT2D eigenvalue weighted by atomic mass is 9.91. The molecule has 1 N–H and O–H groups in total. The second-order valence-electron chi connectivity index (χ2n) is 6.10. The zero-order chi connectivity index (χ0) is 15.1. The smallest absolute Gasteiger partial charge is 0.214 e. The Morgan fingerprint density at radius 3 is 2.14 bits per heavy atom. The summed E-state index contributed by atoms with van der Waals surface area (Å²) in [6.45, 7) is 5.99. The van der Waals surface area contributed by atoms with Crippen molar-refractivity contribution in [2.24, 2.45) is 0 Å². The number of rotatable bonds is 2. The lowest BCUT2D eigenvalue weighted by molar-refractivity contribution is -0.203. The number of aliphatic hydroxyl groups is 1. The molecular formula is C19H20O2. The monoisotopic (exact) mass is 280 g/mol. The van der Waals surface area contributed by atoms with Crippen molar-refractivity contribution in [2.75, 3.05) is 0 Å². The molecule has 3 rings (SSSR count). The maximum Gasteiger partial charge on any atom is 0.214 e. The van der Waals surface area contributed by atoms with E-state index in [4.69, 9.17) is 4.74 Å². The van der Waals surface area contributed by atoms with Crippen LogP contribution in [-0.4, -0.2) is 10.7 Å². The lowest BCUT2D eigenvalue weighted by Gasteiger charge is -2.28. The van der Waals surface area contributed by atoms with Crippen molar-refractivity contribution >= 4 is 5.57 Å². The Hall–Kier alpha value is -1.90. The van der Waals surface area contributed by atoms with Crippen LogP contribution >= 0.6 is 0 Å². The third-order valence-corrected chi connectivity index (χ3v) is 3.95. The van der Waals surface area contributed by atoms with Gasteiger partial charge in [0.2, 0.25) is 5.79 Å². The molecule has 0 aromatic heterocycles. The molecule has 2 heteroatoms. The van der Waals surface area contributed by atoms with Crippen molar-refractivity contribution < 1.29 is 9.84 Å². The molecule has 1 heterocycles. The van der Waals surface area contributed by atoms with Crippen molar-refractivity contribution in [3.8, 4) is 0 Å². The number of ether oxygens (including phenoxy) is 1. The Kier molecular flexibility index (Phi) is 3.23. The van der Waals surface area contributed by atoms with Crippen LogP contribution in [0.2, 0.25) is 0 Å². The predicted octanol–water partition coefficient (Wildman–Crippen LogP) is 4.03. The second kappa shape index (κ2) is 4.83. The van der Waals surface area contributed by atoms with Crippen LogP contribution in [0.5, 0.6) is 0 Å². The summed E-state index contributed by atoms with van der Waals surface area (Å²) in [7, 11) is 0. The van der Waals surface area contributed by atoms with Crippen molar-refractivity contribution in [3.05, 3.63) is 77.4 Å². The van der Waals surface area contributed by atoms with Crippen molar-refractivity contribution in [2.45, 2.75) is 32.2 Å². The molecule has 0 unspecified atom stereocenters. The first-order valence-electron chi connectivity index (χ1n) is 7.19. The van der Waals surface area contributed by atoms with Gasteiger partial charge in [-0.15, -0.1) is 0 Å². The van der Waals surface area contributed by atoms with Crippen LogP contribution in [-0.2, 0) is 10.5 Å². The van der Waals surface area contributed by atoms with Crippen molar-refractivity contribution in [1.29, 1.82) is 0 Å². The van der Waals surface area contributed by atoms with E-state index in [-0.39, 0.29) is 0 Å². The van der Waals surface area contributed by atoms with Gasteiger partial charge in [0.15, 0.2) is 0 Å². The van der Waals surface area contributed by atoms with Crippen molar-refractivity contribution in [1.82, 2.24) is 0 Å². The average molecular weight is 280 g/mol. The molecule has 0 aliphatic carbocycles. The SMILES string of the molecule is Cc1ccc([C@@]2(O)C=C(c3ccccc3)C(C)(C)O2)cc1. The Balaban J connectivity index is 2.06. The molecule has 2 aromatic carbocycles. The van der Waals surface area contributed by atoms with E-state index in [9.17, 15) is 5.11 Å². The number of hydrogen-bond acceptors (Lipinski definition) is 2. The highest BCUT2D eigenvalue weighted by atomic mass is 16.6. The van der Waals surface area contributed by atoms with Crippen LogP contribution in [0.4, 0.5) is 0 Å². The van der Waals surface area contributed by atoms with E-state index in [0.29, 0.717) is 0 Å². The average Bonchev–Trinajstić information content (AvgIpc) is 2.71. The summed E-state index contributed by atoms with van der Waals surface area (Å²) in [5.41, 5.74) is 3.46. The molecule has 0 saturated heterocycles. The molecule has 1 aliphatic rings. The molecule has 0 fully saturated rings. The fourth-order valence-corrected chi connectivity index (χ4v) is 2.83. The second-order valence-corrected chi connectivity index (χ2v) is 6.10. The first kappa shape index (κ1) is 14.1. The fourth-order valence-electron chi connectivity index (χ4n) is 2.83. The Labute approximate surface area is 125 Å². The lowest BCUT2D eigenvalue weighted by Crippen LogP contribution is -2.31. The van der Waals surface area contributed by atoms with Gasteiger partial charge in [0.1, 0.15) is 0 Å². The molecule has 0 bridgehead atoms. The van der Waals surface area contributed by atoms with Gasteiger partial charge in [0, 0.05) is 5.56 Å². The van der Waals surface area contributed by atoms with Crippen molar-refractivity contribution in [3.63, 3.8) is 0 Å². The third kappa shape index (κ3) is 2.53. The molecule has 0 amide bonds. The van der Waals surface area contributed by atoms with Crippen LogP contribution in [0, 0.1) is 6.92 Å². The molecule has 108 valence electrons. The molecule has 0 saturated carbocycles. The van der Waals surface area contributed by atoms with Gasteiger partial charge in [-0.05, 0) is 38.0 Å². The molecule has 2 aromatic rings. The van der Waals surface area contributed by atoms with Crippen LogP contribution in [0.15, 0.2) is 60.7 Å². The largest absolute Gasteiger partial charge is 0.359 e. The van der Waals surface area contributed by atoms with Gasteiger partial charge >= 0.3 is 0 Å². The van der Waals surface area contributed by atoms with Gasteiger partial charge in [0.25, 0.3) is 0 Å². The van der Waals surface area contributed by atoms with Gasteiger partial charge < -0.3 is 9.84 Å². The Bertz CT molecular complexity index is 668. The van der Waals surface area contributed by atoms with E-state index >= 15 is 0 Å². The van der Waals surface area contributed by atoms with E-state index in [2.05, 4.69) is 0 Å². The van der Waals surface area contributed by atoms with E-state index in [1.165, 1.54) is 0 Å². The normalized spacial score (nSPS) is 23.9. The fraction of sp³-hybridized carbons (Fsp3) is 0.263. The molecular weight excluding hydrogens is 260 g/mol. The molecule has 1 atom stereocenters. The maximum atomic E-state index is 10.9. The van der Waals surface area contributed by atoms with Crippen LogP contribution < -0.4 is 0 Å².